The van der Waals surface area contributed by atoms with Gasteiger partial charge in [0.15, 0.2) is 0 Å². The molecule has 0 radical (unpaired) electrons. The summed E-state index contributed by atoms with van der Waals surface area (Å²) >= 11 is 1.57. The molecule has 15 heavy (non-hydrogen) atoms. The highest BCUT2D eigenvalue weighted by molar-refractivity contribution is 7.99. The molecule has 0 aromatic heterocycles. The van der Waals surface area contributed by atoms with Crippen molar-refractivity contribution in [3.05, 3.63) is 24.0 Å². The standard InChI is InChI=1S/C11H16FNOS/c12-9-4-5-10(13)11(8-9)15-7-3-1-2-6-14/h4-5,8,14H,1-3,6-7,13H2. The van der Waals surface area contributed by atoms with Crippen LogP contribution in [0.15, 0.2) is 23.1 Å². The van der Waals surface area contributed by atoms with Gasteiger partial charge in [0.05, 0.1) is 0 Å². The fraction of sp³-hybridized carbons (Fsp3) is 0.455. The van der Waals surface area contributed by atoms with E-state index < -0.39 is 0 Å². The number of hydrogen-bond donors (Lipinski definition) is 2. The van der Waals surface area contributed by atoms with Gasteiger partial charge in [0.25, 0.3) is 0 Å². The number of hydrogen-bond acceptors (Lipinski definition) is 3. The highest BCUT2D eigenvalue weighted by Gasteiger charge is 2.01. The van der Waals surface area contributed by atoms with Crippen LogP contribution in [0.1, 0.15) is 19.3 Å². The van der Waals surface area contributed by atoms with Gasteiger partial charge in [-0.3, -0.25) is 0 Å². The molecule has 0 heterocycles. The van der Waals surface area contributed by atoms with Crippen LogP contribution in [0.3, 0.4) is 0 Å². The van der Waals surface area contributed by atoms with Crippen molar-refractivity contribution in [2.45, 2.75) is 24.2 Å². The summed E-state index contributed by atoms with van der Waals surface area (Å²) in [5.41, 5.74) is 6.33. The summed E-state index contributed by atoms with van der Waals surface area (Å²) < 4.78 is 12.9. The summed E-state index contributed by atoms with van der Waals surface area (Å²) in [7, 11) is 0. The van der Waals surface area contributed by atoms with E-state index >= 15 is 0 Å². The van der Waals surface area contributed by atoms with Crippen molar-refractivity contribution in [3.63, 3.8) is 0 Å². The van der Waals surface area contributed by atoms with Crippen LogP contribution >= 0.6 is 11.8 Å². The molecule has 0 unspecified atom stereocenters. The van der Waals surface area contributed by atoms with Crippen molar-refractivity contribution in [2.75, 3.05) is 18.1 Å². The molecule has 0 spiro atoms. The lowest BCUT2D eigenvalue weighted by atomic mass is 10.3. The topological polar surface area (TPSA) is 46.2 Å². The molecule has 1 rings (SSSR count). The highest BCUT2D eigenvalue weighted by atomic mass is 32.2. The summed E-state index contributed by atoms with van der Waals surface area (Å²) in [5.74, 6) is 0.662. The minimum absolute atomic E-state index is 0.243. The van der Waals surface area contributed by atoms with Crippen molar-refractivity contribution in [1.29, 1.82) is 0 Å². The molecule has 0 aliphatic heterocycles. The molecular weight excluding hydrogens is 213 g/mol. The summed E-state index contributed by atoms with van der Waals surface area (Å²) in [5, 5.41) is 8.59. The number of anilines is 1. The Morgan fingerprint density at radius 2 is 2.07 bits per heavy atom. The van der Waals surface area contributed by atoms with Crippen LogP contribution in [-0.2, 0) is 0 Å². The van der Waals surface area contributed by atoms with E-state index in [1.165, 1.54) is 12.1 Å². The number of unbranched alkanes of at least 4 members (excludes halogenated alkanes) is 2. The molecular formula is C11H16FNOS. The average molecular weight is 229 g/mol. The van der Waals surface area contributed by atoms with E-state index in [-0.39, 0.29) is 12.4 Å². The number of benzene rings is 1. The molecule has 0 atom stereocenters. The van der Waals surface area contributed by atoms with Gasteiger partial charge < -0.3 is 10.8 Å². The number of thioether (sulfide) groups is 1. The molecule has 3 N–H and O–H groups in total. The Morgan fingerprint density at radius 3 is 2.80 bits per heavy atom. The molecule has 2 nitrogen and oxygen atoms in total. The van der Waals surface area contributed by atoms with E-state index in [1.54, 1.807) is 17.8 Å². The molecule has 1 aromatic carbocycles. The largest absolute Gasteiger partial charge is 0.398 e. The van der Waals surface area contributed by atoms with E-state index in [2.05, 4.69) is 0 Å². The van der Waals surface area contributed by atoms with Gasteiger partial charge in [0.2, 0.25) is 0 Å². The van der Waals surface area contributed by atoms with Gasteiger partial charge in [0.1, 0.15) is 5.82 Å². The van der Waals surface area contributed by atoms with Crippen LogP contribution in [-0.4, -0.2) is 17.5 Å². The molecule has 0 bridgehead atoms. The van der Waals surface area contributed by atoms with Gasteiger partial charge in [-0.1, -0.05) is 6.42 Å². The molecule has 0 saturated carbocycles. The maximum Gasteiger partial charge on any atom is 0.124 e. The van der Waals surface area contributed by atoms with Crippen LogP contribution < -0.4 is 5.73 Å². The molecule has 0 aliphatic rings. The summed E-state index contributed by atoms with van der Waals surface area (Å²) in [6.07, 6.45) is 2.85. The molecule has 84 valence electrons. The van der Waals surface area contributed by atoms with E-state index in [1.807, 2.05) is 0 Å². The number of nitrogens with two attached hydrogens (primary N) is 1. The van der Waals surface area contributed by atoms with Crippen molar-refractivity contribution < 1.29 is 9.50 Å². The third-order valence-corrected chi connectivity index (χ3v) is 3.19. The summed E-state index contributed by atoms with van der Waals surface area (Å²) in [6.45, 7) is 0.243. The predicted molar refractivity (Wildman–Crippen MR) is 62.5 cm³/mol. The van der Waals surface area contributed by atoms with E-state index in [0.29, 0.717) is 5.69 Å². The second kappa shape index (κ2) is 6.69. The quantitative estimate of drug-likeness (QED) is 0.448. The Kier molecular flexibility index (Phi) is 5.50. The fourth-order valence-electron chi connectivity index (χ4n) is 1.21. The zero-order valence-electron chi connectivity index (χ0n) is 8.58. The van der Waals surface area contributed by atoms with Crippen molar-refractivity contribution in [1.82, 2.24) is 0 Å². The molecule has 4 heteroatoms. The Labute approximate surface area is 93.7 Å². The smallest absolute Gasteiger partial charge is 0.124 e. The van der Waals surface area contributed by atoms with Gasteiger partial charge >= 0.3 is 0 Å². The lowest BCUT2D eigenvalue weighted by Crippen LogP contribution is -1.91. The highest BCUT2D eigenvalue weighted by Crippen LogP contribution is 2.26. The average Bonchev–Trinajstić information content (AvgIpc) is 2.23. The number of aliphatic hydroxyl groups is 1. The van der Waals surface area contributed by atoms with Crippen molar-refractivity contribution in [2.24, 2.45) is 0 Å². The molecule has 0 aliphatic carbocycles. The third kappa shape index (κ3) is 4.53. The Balaban J connectivity index is 2.33. The van der Waals surface area contributed by atoms with Crippen molar-refractivity contribution >= 4 is 17.4 Å². The third-order valence-electron chi connectivity index (χ3n) is 2.04. The van der Waals surface area contributed by atoms with Crippen molar-refractivity contribution in [3.8, 4) is 0 Å². The SMILES string of the molecule is Nc1ccc(F)cc1SCCCCCO. The molecule has 0 amide bonds. The van der Waals surface area contributed by atoms with E-state index in [9.17, 15) is 4.39 Å². The summed E-state index contributed by atoms with van der Waals surface area (Å²) in [4.78, 5) is 0.805. The minimum atomic E-state index is -0.248. The minimum Gasteiger partial charge on any atom is -0.398 e. The molecule has 0 saturated heterocycles. The van der Waals surface area contributed by atoms with Gasteiger partial charge in [-0.15, -0.1) is 11.8 Å². The second-order valence-corrected chi connectivity index (χ2v) is 4.45. The number of aliphatic hydroxyl groups excluding tert-OH is 1. The normalized spacial score (nSPS) is 10.5. The van der Waals surface area contributed by atoms with Gasteiger partial charge in [-0.2, -0.15) is 0 Å². The zero-order chi connectivity index (χ0) is 11.1. The van der Waals surface area contributed by atoms with Crippen LogP contribution in [0.25, 0.3) is 0 Å². The Hall–Kier alpha value is -0.740. The maximum atomic E-state index is 12.9. The Morgan fingerprint density at radius 1 is 1.27 bits per heavy atom. The van der Waals surface area contributed by atoms with Gasteiger partial charge in [0, 0.05) is 17.2 Å². The maximum absolute atomic E-state index is 12.9. The monoisotopic (exact) mass is 229 g/mol. The summed E-state index contributed by atoms with van der Waals surface area (Å²) in [6, 6.07) is 4.42. The lowest BCUT2D eigenvalue weighted by Gasteiger charge is -2.04. The zero-order valence-corrected chi connectivity index (χ0v) is 9.39. The van der Waals surface area contributed by atoms with E-state index in [4.69, 9.17) is 10.8 Å². The number of halogens is 1. The van der Waals surface area contributed by atoms with E-state index in [0.717, 1.165) is 29.9 Å². The second-order valence-electron chi connectivity index (χ2n) is 3.31. The van der Waals surface area contributed by atoms with Crippen LogP contribution in [0.5, 0.6) is 0 Å². The number of rotatable bonds is 6. The van der Waals surface area contributed by atoms with Crippen LogP contribution in [0.2, 0.25) is 0 Å². The first-order chi connectivity index (χ1) is 7.24. The van der Waals surface area contributed by atoms with Gasteiger partial charge in [-0.25, -0.2) is 4.39 Å². The molecule has 1 aromatic rings. The first kappa shape index (κ1) is 12.3. The Bertz CT molecular complexity index is 307. The van der Waals surface area contributed by atoms with Crippen LogP contribution in [0, 0.1) is 5.82 Å². The first-order valence-corrected chi connectivity index (χ1v) is 6.01. The van der Waals surface area contributed by atoms with Gasteiger partial charge in [-0.05, 0) is 36.8 Å². The number of nitrogen functional groups attached to an aromatic ring is 1. The molecule has 0 fully saturated rings. The fourth-order valence-corrected chi connectivity index (χ4v) is 2.20. The van der Waals surface area contributed by atoms with Crippen LogP contribution in [0.4, 0.5) is 10.1 Å². The lowest BCUT2D eigenvalue weighted by molar-refractivity contribution is 0.284. The first-order valence-electron chi connectivity index (χ1n) is 5.02. The predicted octanol–water partition coefficient (Wildman–Crippen LogP) is 2.66.